The zero-order chi connectivity index (χ0) is 16.5. The summed E-state index contributed by atoms with van der Waals surface area (Å²) in [6.07, 6.45) is 1.00. The van der Waals surface area contributed by atoms with E-state index in [1.807, 2.05) is 13.8 Å². The van der Waals surface area contributed by atoms with Gasteiger partial charge in [0.25, 0.3) is 0 Å². The fourth-order valence-electron chi connectivity index (χ4n) is 2.92. The van der Waals surface area contributed by atoms with Crippen LogP contribution < -0.4 is 0 Å². The van der Waals surface area contributed by atoms with Crippen molar-refractivity contribution in [3.8, 4) is 0 Å². The van der Waals surface area contributed by atoms with Crippen molar-refractivity contribution < 1.29 is 17.9 Å². The van der Waals surface area contributed by atoms with Gasteiger partial charge in [-0.25, -0.2) is 13.2 Å². The van der Waals surface area contributed by atoms with Crippen molar-refractivity contribution >= 4 is 27.6 Å². The second kappa shape index (κ2) is 6.56. The Morgan fingerprint density at radius 2 is 1.86 bits per heavy atom. The highest BCUT2D eigenvalue weighted by atomic mass is 35.5. The Bertz CT molecular complexity index is 664. The van der Waals surface area contributed by atoms with E-state index in [0.29, 0.717) is 24.9 Å². The van der Waals surface area contributed by atoms with Crippen LogP contribution in [0.25, 0.3) is 0 Å². The van der Waals surface area contributed by atoms with Gasteiger partial charge in [-0.1, -0.05) is 31.5 Å². The van der Waals surface area contributed by atoms with Crippen LogP contribution in [0.4, 0.5) is 0 Å². The average molecular weight is 346 g/mol. The second-order valence-electron chi connectivity index (χ2n) is 5.88. The lowest BCUT2D eigenvalue weighted by Crippen LogP contribution is -2.42. The third kappa shape index (κ3) is 3.29. The van der Waals surface area contributed by atoms with Crippen LogP contribution in [0, 0.1) is 11.8 Å². The van der Waals surface area contributed by atoms with E-state index in [1.165, 1.54) is 29.6 Å². The fourth-order valence-corrected chi connectivity index (χ4v) is 5.18. The zero-order valence-corrected chi connectivity index (χ0v) is 14.4. The van der Waals surface area contributed by atoms with Gasteiger partial charge in [-0.3, -0.25) is 0 Å². The first-order valence-electron chi connectivity index (χ1n) is 7.14. The summed E-state index contributed by atoms with van der Waals surface area (Å²) < 4.78 is 31.8. The zero-order valence-electron chi connectivity index (χ0n) is 12.9. The van der Waals surface area contributed by atoms with Crippen molar-refractivity contribution in [1.29, 1.82) is 0 Å². The number of benzene rings is 1. The predicted octanol–water partition coefficient (Wildman–Crippen LogP) is 2.79. The maximum absolute atomic E-state index is 12.9. The summed E-state index contributed by atoms with van der Waals surface area (Å²) in [5.41, 5.74) is 0.0587. The second-order valence-corrected chi connectivity index (χ2v) is 8.16. The van der Waals surface area contributed by atoms with Crippen LogP contribution in [0.15, 0.2) is 23.1 Å². The summed E-state index contributed by atoms with van der Waals surface area (Å²) >= 11 is 6.15. The van der Waals surface area contributed by atoms with Gasteiger partial charge < -0.3 is 4.74 Å². The Labute approximate surface area is 136 Å². The molecule has 22 heavy (non-hydrogen) atoms. The monoisotopic (exact) mass is 345 g/mol. The first-order valence-corrected chi connectivity index (χ1v) is 8.96. The molecule has 122 valence electrons. The molecule has 1 aromatic carbocycles. The smallest absolute Gasteiger partial charge is 0.339 e. The number of methoxy groups -OCH3 is 1. The highest BCUT2D eigenvalue weighted by Gasteiger charge is 2.33. The molecule has 0 N–H and O–H groups in total. The van der Waals surface area contributed by atoms with Crippen LogP contribution in [-0.2, 0) is 14.8 Å². The van der Waals surface area contributed by atoms with Gasteiger partial charge in [-0.05, 0) is 30.4 Å². The Hall–Kier alpha value is -1.11. The summed E-state index contributed by atoms with van der Waals surface area (Å²) in [6, 6.07) is 4.38. The molecular formula is C15H20ClNO4S. The molecule has 0 aromatic heterocycles. The molecule has 0 saturated carbocycles. The standard InChI is InChI=1S/C15H20ClNO4S/c1-10-7-11(2)9-17(8-10)22(19,20)13-6-4-5-12(14(13)16)15(18)21-3/h4-6,10-11H,7-9H2,1-3H3/t10-,11+. The van der Waals surface area contributed by atoms with Crippen molar-refractivity contribution in [2.45, 2.75) is 25.2 Å². The number of hydrogen-bond donors (Lipinski definition) is 0. The molecule has 0 unspecified atom stereocenters. The van der Waals surface area contributed by atoms with E-state index in [1.54, 1.807) is 0 Å². The first kappa shape index (κ1) is 17.2. The van der Waals surface area contributed by atoms with Crippen LogP contribution in [0.3, 0.4) is 0 Å². The molecule has 0 aliphatic carbocycles. The lowest BCUT2D eigenvalue weighted by molar-refractivity contribution is 0.0600. The molecule has 0 amide bonds. The molecule has 7 heteroatoms. The number of sulfonamides is 1. The molecule has 2 rings (SSSR count). The minimum Gasteiger partial charge on any atom is -0.465 e. The average Bonchev–Trinajstić information content (AvgIpc) is 2.45. The van der Waals surface area contributed by atoms with Gasteiger partial charge in [-0.15, -0.1) is 0 Å². The predicted molar refractivity (Wildman–Crippen MR) is 84.5 cm³/mol. The molecule has 1 aromatic rings. The van der Waals surface area contributed by atoms with Crippen LogP contribution in [0.5, 0.6) is 0 Å². The molecule has 0 radical (unpaired) electrons. The summed E-state index contributed by atoms with van der Waals surface area (Å²) in [6.45, 7) is 4.99. The number of rotatable bonds is 3. The van der Waals surface area contributed by atoms with Gasteiger partial charge in [0.1, 0.15) is 4.90 Å². The molecule has 0 bridgehead atoms. The number of nitrogens with zero attached hydrogens (tertiary/aromatic N) is 1. The van der Waals surface area contributed by atoms with Gasteiger partial charge in [0, 0.05) is 13.1 Å². The number of carbonyl (C=O) groups excluding carboxylic acids is 1. The topological polar surface area (TPSA) is 63.7 Å². The van der Waals surface area contributed by atoms with Crippen LogP contribution >= 0.6 is 11.6 Å². The summed E-state index contributed by atoms with van der Waals surface area (Å²) in [5.74, 6) is -0.0652. The minimum absolute atomic E-state index is 0.0432. The largest absolute Gasteiger partial charge is 0.465 e. The number of halogens is 1. The van der Waals surface area contributed by atoms with Crippen LogP contribution in [-0.4, -0.2) is 38.9 Å². The Morgan fingerprint density at radius 1 is 1.27 bits per heavy atom. The molecule has 5 nitrogen and oxygen atoms in total. The number of esters is 1. The normalized spacial score (nSPS) is 23.3. The van der Waals surface area contributed by atoms with Crippen molar-refractivity contribution in [1.82, 2.24) is 4.31 Å². The highest BCUT2D eigenvalue weighted by Crippen LogP contribution is 2.32. The van der Waals surface area contributed by atoms with Crippen molar-refractivity contribution in [3.63, 3.8) is 0 Å². The summed E-state index contributed by atoms with van der Waals surface area (Å²) in [7, 11) is -2.50. The molecular weight excluding hydrogens is 326 g/mol. The molecule has 2 atom stereocenters. The number of ether oxygens (including phenoxy) is 1. The lowest BCUT2D eigenvalue weighted by Gasteiger charge is -2.34. The van der Waals surface area contributed by atoms with Crippen molar-refractivity contribution in [3.05, 3.63) is 28.8 Å². The van der Waals surface area contributed by atoms with Gasteiger partial charge in [-0.2, -0.15) is 4.31 Å². The molecule has 1 aliphatic heterocycles. The van der Waals surface area contributed by atoms with Crippen molar-refractivity contribution in [2.75, 3.05) is 20.2 Å². The van der Waals surface area contributed by atoms with E-state index in [0.717, 1.165) is 6.42 Å². The summed E-state index contributed by atoms with van der Waals surface area (Å²) in [4.78, 5) is 11.6. The SMILES string of the molecule is COC(=O)c1cccc(S(=O)(=O)N2C[C@H](C)C[C@H](C)C2)c1Cl. The highest BCUT2D eigenvalue weighted by molar-refractivity contribution is 7.89. The van der Waals surface area contributed by atoms with E-state index >= 15 is 0 Å². The molecule has 0 spiro atoms. The lowest BCUT2D eigenvalue weighted by atomic mass is 9.94. The molecule has 1 heterocycles. The van der Waals surface area contributed by atoms with E-state index in [9.17, 15) is 13.2 Å². The van der Waals surface area contributed by atoms with E-state index in [4.69, 9.17) is 11.6 Å². The van der Waals surface area contributed by atoms with E-state index < -0.39 is 16.0 Å². The fraction of sp³-hybridized carbons (Fsp3) is 0.533. The van der Waals surface area contributed by atoms with Crippen molar-refractivity contribution in [2.24, 2.45) is 11.8 Å². The number of hydrogen-bond acceptors (Lipinski definition) is 4. The van der Waals surface area contributed by atoms with E-state index in [-0.39, 0.29) is 15.5 Å². The Kier molecular flexibility index (Phi) is 5.14. The third-order valence-corrected chi connectivity index (χ3v) is 6.22. The first-order chi connectivity index (χ1) is 10.3. The van der Waals surface area contributed by atoms with Gasteiger partial charge >= 0.3 is 5.97 Å². The van der Waals surface area contributed by atoms with Crippen LogP contribution in [0.1, 0.15) is 30.6 Å². The minimum atomic E-state index is -3.73. The molecule has 1 saturated heterocycles. The van der Waals surface area contributed by atoms with Gasteiger partial charge in [0.15, 0.2) is 0 Å². The maximum atomic E-state index is 12.9. The molecule has 1 fully saturated rings. The summed E-state index contributed by atoms with van der Waals surface area (Å²) in [5, 5.41) is -0.0831. The van der Waals surface area contributed by atoms with Gasteiger partial charge in [0.05, 0.1) is 17.7 Å². The maximum Gasteiger partial charge on any atom is 0.339 e. The van der Waals surface area contributed by atoms with E-state index in [2.05, 4.69) is 4.74 Å². The third-order valence-electron chi connectivity index (χ3n) is 3.82. The number of carbonyl (C=O) groups is 1. The Balaban J connectivity index is 2.44. The number of piperidine rings is 1. The van der Waals surface area contributed by atoms with Crippen LogP contribution in [0.2, 0.25) is 5.02 Å². The van der Waals surface area contributed by atoms with Gasteiger partial charge in [0.2, 0.25) is 10.0 Å². The Morgan fingerprint density at radius 3 is 2.41 bits per heavy atom. The quantitative estimate of drug-likeness (QED) is 0.790. The molecule has 1 aliphatic rings.